The summed E-state index contributed by atoms with van der Waals surface area (Å²) in [5.41, 5.74) is 6.01. The van der Waals surface area contributed by atoms with Gasteiger partial charge in [0.1, 0.15) is 37.0 Å². The average molecular weight is 269 g/mol. The lowest BCUT2D eigenvalue weighted by atomic mass is 10.0. The van der Waals surface area contributed by atoms with E-state index < -0.39 is 36.9 Å². The second kappa shape index (κ2) is 5.22. The molecule has 1 aromatic heterocycles. The molecule has 7 heteroatoms. The number of aliphatic hydroxyl groups excluding tert-OH is 3. The fourth-order valence-corrected chi connectivity index (χ4v) is 2.21. The zero-order chi connectivity index (χ0) is 14.2. The van der Waals surface area contributed by atoms with Gasteiger partial charge < -0.3 is 25.8 Å². The van der Waals surface area contributed by atoms with E-state index in [0.29, 0.717) is 5.56 Å². The number of primary amides is 1. The van der Waals surface area contributed by atoms with Crippen LogP contribution in [-0.4, -0.2) is 46.1 Å². The second-order valence-corrected chi connectivity index (χ2v) is 4.65. The maximum absolute atomic E-state index is 11.2. The van der Waals surface area contributed by atoms with E-state index in [1.54, 1.807) is 24.0 Å². The molecule has 2 heterocycles. The molecule has 4 atom stereocenters. The van der Waals surface area contributed by atoms with Crippen molar-refractivity contribution in [1.29, 1.82) is 0 Å². The van der Waals surface area contributed by atoms with E-state index in [2.05, 4.69) is 0 Å². The number of nitrogens with zero attached hydrogens (tertiary/aromatic N) is 1. The monoisotopic (exact) mass is 269 g/mol. The molecule has 0 saturated carbocycles. The highest BCUT2D eigenvalue weighted by Crippen LogP contribution is 2.33. The Balaban J connectivity index is 2.34. The number of ether oxygens (including phenoxy) is 1. The van der Waals surface area contributed by atoms with Crippen molar-refractivity contribution in [2.75, 3.05) is 6.61 Å². The number of pyridine rings is 1. The zero-order valence-corrected chi connectivity index (χ0v) is 10.4. The molecular formula is C12H17N2O5+. The number of aryl methyl sites for hydroxylation is 1. The number of amides is 1. The summed E-state index contributed by atoms with van der Waals surface area (Å²) in [5, 5.41) is 28.7. The summed E-state index contributed by atoms with van der Waals surface area (Å²) in [4.78, 5) is 11.2. The number of hydrogen-bond acceptors (Lipinski definition) is 5. The minimum atomic E-state index is -1.17. The molecule has 7 nitrogen and oxygen atoms in total. The van der Waals surface area contributed by atoms with Crippen LogP contribution >= 0.6 is 0 Å². The highest BCUT2D eigenvalue weighted by Gasteiger charge is 2.43. The molecule has 0 spiro atoms. The van der Waals surface area contributed by atoms with Crippen LogP contribution in [0.25, 0.3) is 0 Å². The number of hydrogen-bond donors (Lipinski definition) is 4. The average Bonchev–Trinajstić information content (AvgIpc) is 2.65. The summed E-state index contributed by atoms with van der Waals surface area (Å²) < 4.78 is 7.01. The molecule has 1 fully saturated rings. The molecule has 1 saturated heterocycles. The molecule has 1 aliphatic rings. The van der Waals surface area contributed by atoms with Gasteiger partial charge >= 0.3 is 0 Å². The Morgan fingerprint density at radius 2 is 2.11 bits per heavy atom. The van der Waals surface area contributed by atoms with Gasteiger partial charge in [-0.2, -0.15) is 0 Å². The topological polar surface area (TPSA) is 117 Å². The van der Waals surface area contributed by atoms with Crippen LogP contribution in [0.2, 0.25) is 0 Å². The molecule has 2 rings (SSSR count). The lowest BCUT2D eigenvalue weighted by molar-refractivity contribution is -0.672. The van der Waals surface area contributed by atoms with Crippen LogP contribution in [0.4, 0.5) is 0 Å². The van der Waals surface area contributed by atoms with E-state index in [4.69, 9.17) is 15.6 Å². The van der Waals surface area contributed by atoms with E-state index >= 15 is 0 Å². The summed E-state index contributed by atoms with van der Waals surface area (Å²) in [6.45, 7) is -0.392. The van der Waals surface area contributed by atoms with Crippen molar-refractivity contribution in [2.24, 2.45) is 12.8 Å². The van der Waals surface area contributed by atoms with Crippen LogP contribution < -0.4 is 10.3 Å². The Morgan fingerprint density at radius 1 is 1.42 bits per heavy atom. The van der Waals surface area contributed by atoms with Crippen molar-refractivity contribution in [3.8, 4) is 0 Å². The minimum Gasteiger partial charge on any atom is -0.394 e. The predicted octanol–water partition coefficient (Wildman–Crippen LogP) is -2.24. The Bertz CT molecular complexity index is 493. The molecule has 0 radical (unpaired) electrons. The summed E-state index contributed by atoms with van der Waals surface area (Å²) in [7, 11) is 1.71. The van der Waals surface area contributed by atoms with Crippen LogP contribution in [0, 0.1) is 0 Å². The third-order valence-corrected chi connectivity index (χ3v) is 3.17. The van der Waals surface area contributed by atoms with Crippen molar-refractivity contribution in [3.63, 3.8) is 0 Å². The van der Waals surface area contributed by atoms with E-state index in [-0.39, 0.29) is 5.56 Å². The van der Waals surface area contributed by atoms with Gasteiger partial charge in [-0.05, 0) is 6.07 Å². The fraction of sp³-hybridized carbons (Fsp3) is 0.500. The maximum atomic E-state index is 11.2. The molecule has 1 aliphatic heterocycles. The van der Waals surface area contributed by atoms with Crippen molar-refractivity contribution in [3.05, 3.63) is 29.6 Å². The molecule has 5 N–H and O–H groups in total. The predicted molar refractivity (Wildman–Crippen MR) is 62.8 cm³/mol. The van der Waals surface area contributed by atoms with E-state index in [9.17, 15) is 15.0 Å². The highest BCUT2D eigenvalue weighted by molar-refractivity contribution is 5.92. The smallest absolute Gasteiger partial charge is 0.254 e. The van der Waals surface area contributed by atoms with Crippen LogP contribution in [0.15, 0.2) is 18.5 Å². The highest BCUT2D eigenvalue weighted by atomic mass is 16.6. The quantitative estimate of drug-likeness (QED) is 0.463. The Hall–Kier alpha value is -1.54. The van der Waals surface area contributed by atoms with Gasteiger partial charge in [0.05, 0.1) is 6.61 Å². The molecule has 0 bridgehead atoms. The first-order chi connectivity index (χ1) is 8.93. The molecule has 0 aliphatic carbocycles. The fourth-order valence-electron chi connectivity index (χ4n) is 2.21. The number of aliphatic hydroxyl groups is 3. The first kappa shape index (κ1) is 13.9. The second-order valence-electron chi connectivity index (χ2n) is 4.65. The van der Waals surface area contributed by atoms with Gasteiger partial charge in [0.15, 0.2) is 12.4 Å². The maximum Gasteiger partial charge on any atom is 0.254 e. The van der Waals surface area contributed by atoms with Gasteiger partial charge in [0, 0.05) is 5.56 Å². The van der Waals surface area contributed by atoms with Crippen LogP contribution in [0.1, 0.15) is 22.0 Å². The Labute approximate surface area is 109 Å². The van der Waals surface area contributed by atoms with Crippen LogP contribution in [0.5, 0.6) is 0 Å². The molecule has 4 unspecified atom stereocenters. The number of carbonyl (C=O) groups is 1. The first-order valence-electron chi connectivity index (χ1n) is 5.86. The lowest BCUT2D eigenvalue weighted by Gasteiger charge is -2.14. The normalized spacial score (nSPS) is 30.5. The van der Waals surface area contributed by atoms with E-state index in [1.807, 2.05) is 0 Å². The number of aromatic nitrogens is 1. The van der Waals surface area contributed by atoms with Gasteiger partial charge in [0.2, 0.25) is 0 Å². The van der Waals surface area contributed by atoms with Gasteiger partial charge in [-0.25, -0.2) is 4.57 Å². The van der Waals surface area contributed by atoms with Crippen molar-refractivity contribution < 1.29 is 29.4 Å². The van der Waals surface area contributed by atoms with Gasteiger partial charge in [-0.1, -0.05) is 0 Å². The van der Waals surface area contributed by atoms with E-state index in [0.717, 1.165) is 0 Å². The molecule has 1 aromatic rings. The van der Waals surface area contributed by atoms with Crippen LogP contribution in [-0.2, 0) is 11.8 Å². The van der Waals surface area contributed by atoms with Gasteiger partial charge in [-0.15, -0.1) is 0 Å². The third-order valence-electron chi connectivity index (χ3n) is 3.17. The summed E-state index contributed by atoms with van der Waals surface area (Å²) in [6.07, 6.45) is -0.780. The zero-order valence-electron chi connectivity index (χ0n) is 10.4. The number of nitrogens with two attached hydrogens (primary N) is 1. The third kappa shape index (κ3) is 2.59. The largest absolute Gasteiger partial charge is 0.394 e. The molecule has 19 heavy (non-hydrogen) atoms. The minimum absolute atomic E-state index is 0.276. The van der Waals surface area contributed by atoms with E-state index in [1.165, 1.54) is 6.07 Å². The van der Waals surface area contributed by atoms with Crippen molar-refractivity contribution >= 4 is 5.91 Å². The lowest BCUT2D eigenvalue weighted by Crippen LogP contribution is -2.34. The SMILES string of the molecule is C[n+]1cc(C(N)=O)cc(C2OC(CO)C(O)C2O)c1. The van der Waals surface area contributed by atoms with Crippen molar-refractivity contribution in [2.45, 2.75) is 24.4 Å². The molecule has 104 valence electrons. The Morgan fingerprint density at radius 3 is 2.63 bits per heavy atom. The van der Waals surface area contributed by atoms with Crippen LogP contribution in [0.3, 0.4) is 0 Å². The molecule has 0 aromatic carbocycles. The van der Waals surface area contributed by atoms with Gasteiger partial charge in [-0.3, -0.25) is 4.79 Å². The first-order valence-corrected chi connectivity index (χ1v) is 5.86. The summed E-state index contributed by atoms with van der Waals surface area (Å²) in [6, 6.07) is 1.50. The van der Waals surface area contributed by atoms with Gasteiger partial charge in [0.25, 0.3) is 5.91 Å². The number of carbonyl (C=O) groups excluding carboxylic acids is 1. The Kier molecular flexibility index (Phi) is 3.81. The number of rotatable bonds is 3. The molecular weight excluding hydrogens is 252 g/mol. The van der Waals surface area contributed by atoms with Crippen molar-refractivity contribution in [1.82, 2.24) is 0 Å². The molecule has 1 amide bonds. The summed E-state index contributed by atoms with van der Waals surface area (Å²) >= 11 is 0. The standard InChI is InChI=1S/C12H16N2O5/c1-14-3-6(2-7(4-14)12(13)18)11-10(17)9(16)8(5-15)19-11/h2-4,8-11,15-17H,5H2,1H3,(H-,13,18)/p+1. The summed E-state index contributed by atoms with van der Waals surface area (Å²) in [5.74, 6) is -0.593.